The minimum atomic E-state index is -0.832. The van der Waals surface area contributed by atoms with E-state index in [0.717, 1.165) is 25.7 Å². The molecule has 0 bridgehead atoms. The molecule has 0 spiro atoms. The predicted octanol–water partition coefficient (Wildman–Crippen LogP) is 0.978. The molecule has 2 saturated heterocycles. The van der Waals surface area contributed by atoms with Crippen LogP contribution in [0.5, 0.6) is 0 Å². The Labute approximate surface area is 127 Å². The monoisotopic (exact) mass is 299 g/mol. The molecular weight excluding hydrogens is 270 g/mol. The first kappa shape index (κ1) is 15.7. The Hall–Kier alpha value is -0.200. The van der Waals surface area contributed by atoms with Gasteiger partial charge in [-0.05, 0) is 46.6 Å². The molecule has 2 N–H and O–H groups in total. The molecule has 2 aliphatic heterocycles. The van der Waals surface area contributed by atoms with Crippen LogP contribution in [0.1, 0.15) is 39.5 Å². The highest BCUT2D eigenvalue weighted by molar-refractivity contribution is 5.04. The maximum atomic E-state index is 10.3. The van der Waals surface area contributed by atoms with E-state index in [1.807, 2.05) is 13.8 Å². The fourth-order valence-electron chi connectivity index (χ4n) is 4.72. The number of aliphatic hydroxyl groups is 2. The summed E-state index contributed by atoms with van der Waals surface area (Å²) >= 11 is 0. The van der Waals surface area contributed by atoms with Crippen molar-refractivity contribution >= 4 is 0 Å². The average molecular weight is 299 g/mol. The maximum Gasteiger partial charge on any atom is 0.116 e. The normalized spacial score (nSPS) is 48.0. The van der Waals surface area contributed by atoms with Gasteiger partial charge in [-0.3, -0.25) is 4.90 Å². The summed E-state index contributed by atoms with van der Waals surface area (Å²) in [5.74, 6) is 0.622. The zero-order valence-corrected chi connectivity index (χ0v) is 13.5. The van der Waals surface area contributed by atoms with Crippen LogP contribution in [0.15, 0.2) is 0 Å². The van der Waals surface area contributed by atoms with Crippen LogP contribution in [-0.2, 0) is 9.47 Å². The molecule has 0 aromatic carbocycles. The van der Waals surface area contributed by atoms with Crippen molar-refractivity contribution in [3.8, 4) is 0 Å². The molecule has 3 aliphatic rings. The highest BCUT2D eigenvalue weighted by Gasteiger charge is 2.55. The lowest BCUT2D eigenvalue weighted by Gasteiger charge is -2.52. The van der Waals surface area contributed by atoms with Gasteiger partial charge in [0.1, 0.15) is 6.23 Å². The van der Waals surface area contributed by atoms with Crippen molar-refractivity contribution in [1.29, 1.82) is 0 Å². The summed E-state index contributed by atoms with van der Waals surface area (Å²) < 4.78 is 12.0. The minimum absolute atomic E-state index is 0.0165. The van der Waals surface area contributed by atoms with Gasteiger partial charge in [-0.1, -0.05) is 0 Å². The number of aliphatic hydroxyl groups excluding tert-OH is 1. The Morgan fingerprint density at radius 2 is 1.90 bits per heavy atom. The summed E-state index contributed by atoms with van der Waals surface area (Å²) in [7, 11) is 3.88. The molecule has 0 aromatic heterocycles. The topological polar surface area (TPSA) is 62.2 Å². The van der Waals surface area contributed by atoms with Crippen LogP contribution < -0.4 is 0 Å². The third-order valence-corrected chi connectivity index (χ3v) is 5.82. The van der Waals surface area contributed by atoms with Gasteiger partial charge in [-0.2, -0.15) is 0 Å². The zero-order chi connectivity index (χ0) is 15.4. The van der Waals surface area contributed by atoms with Crippen molar-refractivity contribution in [3.63, 3.8) is 0 Å². The van der Waals surface area contributed by atoms with Gasteiger partial charge in [-0.25, -0.2) is 0 Å². The third kappa shape index (κ3) is 2.63. The molecule has 7 atom stereocenters. The van der Waals surface area contributed by atoms with Crippen LogP contribution in [-0.4, -0.2) is 65.5 Å². The smallest absolute Gasteiger partial charge is 0.116 e. The summed E-state index contributed by atoms with van der Waals surface area (Å²) in [6.45, 7) is 3.63. The quantitative estimate of drug-likeness (QED) is 0.796. The molecule has 5 nitrogen and oxygen atoms in total. The van der Waals surface area contributed by atoms with E-state index in [-0.39, 0.29) is 30.5 Å². The van der Waals surface area contributed by atoms with Crippen LogP contribution in [0.3, 0.4) is 0 Å². The van der Waals surface area contributed by atoms with E-state index < -0.39 is 5.60 Å². The Bertz CT molecular complexity index is 383. The van der Waals surface area contributed by atoms with Gasteiger partial charge in [0.05, 0.1) is 23.9 Å². The average Bonchev–Trinajstić information content (AvgIpc) is 2.84. The molecule has 3 fully saturated rings. The molecule has 3 rings (SSSR count). The van der Waals surface area contributed by atoms with Crippen molar-refractivity contribution in [3.05, 3.63) is 0 Å². The molecule has 7 unspecified atom stereocenters. The van der Waals surface area contributed by atoms with Gasteiger partial charge in [0.2, 0.25) is 0 Å². The lowest BCUT2D eigenvalue weighted by atomic mass is 9.70. The van der Waals surface area contributed by atoms with Gasteiger partial charge in [0, 0.05) is 25.0 Å². The first-order valence-electron chi connectivity index (χ1n) is 8.13. The molecular formula is C16H29NO4. The number of hydrogen-bond acceptors (Lipinski definition) is 5. The van der Waals surface area contributed by atoms with E-state index in [1.165, 1.54) is 0 Å². The van der Waals surface area contributed by atoms with E-state index in [1.54, 1.807) is 7.11 Å². The number of nitrogens with zero attached hydrogens (tertiary/aromatic N) is 1. The Kier molecular flexibility index (Phi) is 4.08. The van der Waals surface area contributed by atoms with Crippen LogP contribution in [0.25, 0.3) is 0 Å². The van der Waals surface area contributed by atoms with Gasteiger partial charge < -0.3 is 19.7 Å². The van der Waals surface area contributed by atoms with Crippen molar-refractivity contribution in [2.75, 3.05) is 14.2 Å². The summed E-state index contributed by atoms with van der Waals surface area (Å²) in [6.07, 6.45) is 3.23. The molecule has 0 amide bonds. The first-order valence-corrected chi connectivity index (χ1v) is 8.13. The fraction of sp³-hybridized carbons (Fsp3) is 1.00. The van der Waals surface area contributed by atoms with E-state index in [0.29, 0.717) is 12.0 Å². The molecule has 5 heteroatoms. The second-order valence-corrected chi connectivity index (χ2v) is 7.63. The number of fused-ring (bicyclic) bond motifs is 2. The van der Waals surface area contributed by atoms with E-state index in [2.05, 4.69) is 11.9 Å². The van der Waals surface area contributed by atoms with Crippen molar-refractivity contribution in [2.24, 2.45) is 11.8 Å². The van der Waals surface area contributed by atoms with Crippen molar-refractivity contribution in [2.45, 2.75) is 75.7 Å². The lowest BCUT2D eigenvalue weighted by Crippen LogP contribution is -2.61. The van der Waals surface area contributed by atoms with Crippen molar-refractivity contribution < 1.29 is 19.7 Å². The van der Waals surface area contributed by atoms with Crippen molar-refractivity contribution in [1.82, 2.24) is 4.90 Å². The molecule has 1 saturated carbocycles. The third-order valence-electron chi connectivity index (χ3n) is 5.82. The number of piperidine rings is 1. The molecule has 21 heavy (non-hydrogen) atoms. The maximum absolute atomic E-state index is 10.3. The van der Waals surface area contributed by atoms with Crippen LogP contribution in [0.4, 0.5) is 0 Å². The number of ether oxygens (including phenoxy) is 2. The first-order chi connectivity index (χ1) is 9.82. The van der Waals surface area contributed by atoms with E-state index in [4.69, 9.17) is 9.47 Å². The second-order valence-electron chi connectivity index (χ2n) is 7.63. The molecule has 0 aromatic rings. The summed E-state index contributed by atoms with van der Waals surface area (Å²) in [5.41, 5.74) is -0.832. The standard InChI is InChI=1S/C16H29NO4/c1-16(2,19)13-8-11-14(20-4)10-7-9(18)5-6-12(10)17(3)15(11)21-13/h9-15,18-19H,5-8H2,1-4H3. The van der Waals surface area contributed by atoms with Gasteiger partial charge >= 0.3 is 0 Å². The fourth-order valence-corrected chi connectivity index (χ4v) is 4.72. The van der Waals surface area contributed by atoms with Crippen LogP contribution >= 0.6 is 0 Å². The number of likely N-dealkylation sites (tertiary alicyclic amines) is 1. The molecule has 1 aliphatic carbocycles. The lowest BCUT2D eigenvalue weighted by molar-refractivity contribution is -0.189. The van der Waals surface area contributed by atoms with Gasteiger partial charge in [0.15, 0.2) is 0 Å². The van der Waals surface area contributed by atoms with Crippen LogP contribution in [0.2, 0.25) is 0 Å². The molecule has 0 radical (unpaired) electrons. The summed E-state index contributed by atoms with van der Waals surface area (Å²) in [5, 5.41) is 20.3. The minimum Gasteiger partial charge on any atom is -0.393 e. The van der Waals surface area contributed by atoms with Crippen LogP contribution in [0, 0.1) is 11.8 Å². The Balaban J connectivity index is 1.85. The summed E-state index contributed by atoms with van der Waals surface area (Å²) in [4.78, 5) is 2.32. The molecule has 122 valence electrons. The van der Waals surface area contributed by atoms with E-state index >= 15 is 0 Å². The zero-order valence-electron chi connectivity index (χ0n) is 13.5. The van der Waals surface area contributed by atoms with Gasteiger partial charge in [-0.15, -0.1) is 0 Å². The SMILES string of the molecule is COC1C2CC(O)CCC2N(C)C2OC(C(C)(C)O)CC12. The predicted molar refractivity (Wildman–Crippen MR) is 78.8 cm³/mol. The summed E-state index contributed by atoms with van der Waals surface area (Å²) in [6, 6.07) is 0.403. The van der Waals surface area contributed by atoms with E-state index in [9.17, 15) is 10.2 Å². The highest BCUT2D eigenvalue weighted by Crippen LogP contribution is 2.47. The molecule has 2 heterocycles. The number of methoxy groups -OCH3 is 1. The highest BCUT2D eigenvalue weighted by atomic mass is 16.5. The Morgan fingerprint density at radius 1 is 1.19 bits per heavy atom. The largest absolute Gasteiger partial charge is 0.393 e. The number of hydrogen-bond donors (Lipinski definition) is 2. The van der Waals surface area contributed by atoms with Gasteiger partial charge in [0.25, 0.3) is 0 Å². The number of rotatable bonds is 2. The second kappa shape index (κ2) is 5.46. The Morgan fingerprint density at radius 3 is 2.52 bits per heavy atom.